The Morgan fingerprint density at radius 3 is 2.45 bits per heavy atom. The first kappa shape index (κ1) is 23.1. The monoisotopic (exact) mass is 463 g/mol. The zero-order chi connectivity index (χ0) is 22.7. The van der Waals surface area contributed by atoms with Gasteiger partial charge in [0.1, 0.15) is 17.4 Å². The molecule has 0 saturated heterocycles. The number of esters is 2. The van der Waals surface area contributed by atoms with Gasteiger partial charge in [0.15, 0.2) is 0 Å². The summed E-state index contributed by atoms with van der Waals surface area (Å²) >= 11 is 12.5. The summed E-state index contributed by atoms with van der Waals surface area (Å²) in [6.07, 6.45) is 0. The predicted molar refractivity (Wildman–Crippen MR) is 119 cm³/mol. The molecule has 0 amide bonds. The van der Waals surface area contributed by atoms with Gasteiger partial charge in [-0.3, -0.25) is 9.79 Å². The van der Waals surface area contributed by atoms with E-state index in [4.69, 9.17) is 37.1 Å². The van der Waals surface area contributed by atoms with Gasteiger partial charge in [-0.1, -0.05) is 29.3 Å². The van der Waals surface area contributed by atoms with Gasteiger partial charge in [0.05, 0.1) is 34.8 Å². The summed E-state index contributed by atoms with van der Waals surface area (Å²) < 4.78 is 16.6. The highest BCUT2D eigenvalue weighted by molar-refractivity contribution is 6.43. The molecule has 0 aliphatic carbocycles. The Kier molecular flexibility index (Phi) is 7.23. The molecule has 0 fully saturated rings. The number of benzene rings is 1. The van der Waals surface area contributed by atoms with Crippen molar-refractivity contribution < 1.29 is 23.5 Å². The van der Waals surface area contributed by atoms with E-state index in [2.05, 4.69) is 4.99 Å². The van der Waals surface area contributed by atoms with Crippen molar-refractivity contribution in [2.24, 2.45) is 10.9 Å². The Labute approximate surface area is 190 Å². The maximum Gasteiger partial charge on any atom is 0.336 e. The van der Waals surface area contributed by atoms with Crippen LogP contribution in [0.15, 0.2) is 51.0 Å². The van der Waals surface area contributed by atoms with Crippen LogP contribution in [0.5, 0.6) is 0 Å². The van der Waals surface area contributed by atoms with Gasteiger partial charge in [-0.2, -0.15) is 0 Å². The summed E-state index contributed by atoms with van der Waals surface area (Å²) in [6.45, 7) is 7.28. The molecule has 2 atom stereocenters. The average Bonchev–Trinajstić information content (AvgIpc) is 3.19. The van der Waals surface area contributed by atoms with Gasteiger partial charge in [-0.05, 0) is 52.0 Å². The number of ether oxygens (including phenoxy) is 2. The van der Waals surface area contributed by atoms with E-state index >= 15 is 0 Å². The second kappa shape index (κ2) is 9.71. The molecule has 164 valence electrons. The second-order valence-electron chi connectivity index (χ2n) is 6.98. The van der Waals surface area contributed by atoms with Crippen LogP contribution in [-0.4, -0.2) is 30.9 Å². The number of hydrogen-bond acceptors (Lipinski definition) is 6. The Hall–Kier alpha value is -2.57. The smallest absolute Gasteiger partial charge is 0.336 e. The summed E-state index contributed by atoms with van der Waals surface area (Å²) in [5.74, 6) is -1.73. The quantitative estimate of drug-likeness (QED) is 0.503. The van der Waals surface area contributed by atoms with Gasteiger partial charge in [-0.15, -0.1) is 0 Å². The highest BCUT2D eigenvalue weighted by atomic mass is 35.5. The van der Waals surface area contributed by atoms with E-state index in [1.165, 1.54) is 0 Å². The number of furan rings is 1. The molecule has 2 aromatic rings. The van der Waals surface area contributed by atoms with Gasteiger partial charge in [0, 0.05) is 17.0 Å². The molecule has 0 N–H and O–H groups in total. The Balaban J connectivity index is 2.14. The number of carbonyl (C=O) groups is 2. The Morgan fingerprint density at radius 2 is 1.77 bits per heavy atom. The predicted octanol–water partition coefficient (Wildman–Crippen LogP) is 5.83. The van der Waals surface area contributed by atoms with Crippen molar-refractivity contribution >= 4 is 40.9 Å². The Bertz CT molecular complexity index is 1070. The highest BCUT2D eigenvalue weighted by Gasteiger charge is 2.44. The summed E-state index contributed by atoms with van der Waals surface area (Å²) in [7, 11) is 0. The molecule has 0 spiro atoms. The normalized spacial score (nSPS) is 18.6. The van der Waals surface area contributed by atoms with Crippen molar-refractivity contribution in [3.8, 4) is 11.3 Å². The summed E-state index contributed by atoms with van der Waals surface area (Å²) in [5, 5.41) is 0.746. The van der Waals surface area contributed by atoms with Crippen molar-refractivity contribution in [1.82, 2.24) is 0 Å². The highest BCUT2D eigenvalue weighted by Crippen LogP contribution is 2.43. The molecule has 3 rings (SSSR count). The van der Waals surface area contributed by atoms with Gasteiger partial charge >= 0.3 is 11.9 Å². The van der Waals surface area contributed by atoms with Crippen molar-refractivity contribution in [3.63, 3.8) is 0 Å². The van der Waals surface area contributed by atoms with E-state index in [-0.39, 0.29) is 18.8 Å². The minimum atomic E-state index is -0.822. The van der Waals surface area contributed by atoms with Crippen LogP contribution in [0.3, 0.4) is 0 Å². The SMILES string of the molecule is CCOC(=O)C1=C(C)N=C(C)C(C(=O)OCC)C1c1ccc(-c2cccc(Cl)c2Cl)o1. The number of aliphatic imine (C=N–C) groups is 1. The molecule has 1 aliphatic rings. The lowest BCUT2D eigenvalue weighted by atomic mass is 9.78. The molecular weight excluding hydrogens is 441 g/mol. The van der Waals surface area contributed by atoms with Gasteiger partial charge < -0.3 is 13.9 Å². The van der Waals surface area contributed by atoms with Gasteiger partial charge in [0.2, 0.25) is 0 Å². The first-order chi connectivity index (χ1) is 14.8. The van der Waals surface area contributed by atoms with Crippen LogP contribution in [0, 0.1) is 5.92 Å². The van der Waals surface area contributed by atoms with Crippen molar-refractivity contribution in [2.75, 3.05) is 13.2 Å². The number of halogens is 2. The first-order valence-electron chi connectivity index (χ1n) is 9.93. The fourth-order valence-corrected chi connectivity index (χ4v) is 4.11. The number of carbonyl (C=O) groups excluding carboxylic acids is 2. The molecule has 2 heterocycles. The standard InChI is InChI=1S/C23H23Cl2NO5/c1-5-29-22(27)18-12(3)26-13(4)19(23(28)30-6-2)20(18)17-11-10-16(31-17)14-8-7-9-15(24)21(14)25/h7-11,18,20H,5-6H2,1-4H3. The maximum atomic E-state index is 12.8. The molecule has 8 heteroatoms. The van der Waals surface area contributed by atoms with E-state index < -0.39 is 23.8 Å². The van der Waals surface area contributed by atoms with Gasteiger partial charge in [0.25, 0.3) is 0 Å². The van der Waals surface area contributed by atoms with Crippen molar-refractivity contribution in [1.29, 1.82) is 0 Å². The molecule has 1 aromatic carbocycles. The van der Waals surface area contributed by atoms with Gasteiger partial charge in [-0.25, -0.2) is 4.79 Å². The minimum Gasteiger partial charge on any atom is -0.465 e. The molecule has 2 unspecified atom stereocenters. The van der Waals surface area contributed by atoms with Crippen LogP contribution in [-0.2, 0) is 19.1 Å². The number of rotatable bonds is 6. The summed E-state index contributed by atoms with van der Waals surface area (Å²) in [5.41, 5.74) is 1.88. The third-order valence-electron chi connectivity index (χ3n) is 5.01. The molecule has 1 aliphatic heterocycles. The largest absolute Gasteiger partial charge is 0.465 e. The number of allylic oxidation sites excluding steroid dienone is 1. The lowest BCUT2D eigenvalue weighted by Crippen LogP contribution is -2.36. The topological polar surface area (TPSA) is 78.1 Å². The van der Waals surface area contributed by atoms with Crippen molar-refractivity contribution in [3.05, 3.63) is 57.4 Å². The Morgan fingerprint density at radius 1 is 1.06 bits per heavy atom. The van der Waals surface area contributed by atoms with E-state index in [1.54, 1.807) is 58.0 Å². The fourth-order valence-electron chi connectivity index (χ4n) is 3.71. The molecular formula is C23H23Cl2NO5. The summed E-state index contributed by atoms with van der Waals surface area (Å²) in [6, 6.07) is 8.67. The van der Waals surface area contributed by atoms with Crippen LogP contribution in [0.25, 0.3) is 11.3 Å². The van der Waals surface area contributed by atoms with Crippen LogP contribution in [0.2, 0.25) is 10.0 Å². The van der Waals surface area contributed by atoms with Crippen LogP contribution >= 0.6 is 23.2 Å². The zero-order valence-electron chi connectivity index (χ0n) is 17.7. The van der Waals surface area contributed by atoms with E-state index in [9.17, 15) is 9.59 Å². The van der Waals surface area contributed by atoms with Crippen LogP contribution < -0.4 is 0 Å². The maximum absolute atomic E-state index is 12.8. The lowest BCUT2D eigenvalue weighted by Gasteiger charge is -2.29. The zero-order valence-corrected chi connectivity index (χ0v) is 19.2. The molecule has 0 saturated carbocycles. The first-order valence-corrected chi connectivity index (χ1v) is 10.7. The molecule has 6 nitrogen and oxygen atoms in total. The molecule has 0 bridgehead atoms. The number of nitrogens with zero attached hydrogens (tertiary/aromatic N) is 1. The van der Waals surface area contributed by atoms with Crippen LogP contribution in [0.4, 0.5) is 0 Å². The van der Waals surface area contributed by atoms with E-state index in [0.29, 0.717) is 38.5 Å². The summed E-state index contributed by atoms with van der Waals surface area (Å²) in [4.78, 5) is 30.1. The van der Waals surface area contributed by atoms with E-state index in [0.717, 1.165) is 0 Å². The second-order valence-corrected chi connectivity index (χ2v) is 7.77. The van der Waals surface area contributed by atoms with E-state index in [1.807, 2.05) is 0 Å². The molecule has 1 aromatic heterocycles. The molecule has 0 radical (unpaired) electrons. The number of hydrogen-bond donors (Lipinski definition) is 0. The third-order valence-corrected chi connectivity index (χ3v) is 5.83. The fraction of sp³-hybridized carbons (Fsp3) is 0.348. The molecule has 31 heavy (non-hydrogen) atoms. The lowest BCUT2D eigenvalue weighted by molar-refractivity contribution is -0.146. The third kappa shape index (κ3) is 4.55. The van der Waals surface area contributed by atoms with Crippen molar-refractivity contribution in [2.45, 2.75) is 33.6 Å². The average molecular weight is 464 g/mol. The minimum absolute atomic E-state index is 0.191. The van der Waals surface area contributed by atoms with Crippen LogP contribution in [0.1, 0.15) is 39.4 Å².